The summed E-state index contributed by atoms with van der Waals surface area (Å²) in [4.78, 5) is 8.42. The van der Waals surface area contributed by atoms with Crippen LogP contribution in [0.25, 0.3) is 0 Å². The van der Waals surface area contributed by atoms with E-state index in [9.17, 15) is 4.39 Å². The summed E-state index contributed by atoms with van der Waals surface area (Å²) in [5, 5.41) is 13.7. The van der Waals surface area contributed by atoms with Gasteiger partial charge in [0.2, 0.25) is 0 Å². The van der Waals surface area contributed by atoms with E-state index in [2.05, 4.69) is 30.8 Å². The Hall–Kier alpha value is -3.16. The Morgan fingerprint density at radius 3 is 2.65 bits per heavy atom. The first-order valence-electron chi connectivity index (χ1n) is 8.55. The van der Waals surface area contributed by atoms with Gasteiger partial charge in [0.05, 0.1) is 6.04 Å². The third kappa shape index (κ3) is 3.44. The van der Waals surface area contributed by atoms with Gasteiger partial charge < -0.3 is 16.4 Å². The number of nitrogen functional groups attached to an aromatic ring is 1. The number of hydrogen-bond donors (Lipinski definition) is 4. The molecule has 0 radical (unpaired) electrons. The number of rotatable bonds is 6. The molecule has 0 amide bonds. The SMILES string of the molecule is C[C@H](Nc1ncnc(Nc2cc(C3CC3)[nH]n2)c1N)c1ccc(F)cc1. The Bertz CT molecular complexity index is 902. The van der Waals surface area contributed by atoms with Crippen molar-refractivity contribution in [3.63, 3.8) is 0 Å². The van der Waals surface area contributed by atoms with Crippen molar-refractivity contribution in [1.82, 2.24) is 20.2 Å². The van der Waals surface area contributed by atoms with Crippen molar-refractivity contribution >= 4 is 23.1 Å². The highest BCUT2D eigenvalue weighted by atomic mass is 19.1. The summed E-state index contributed by atoms with van der Waals surface area (Å²) in [6.45, 7) is 1.96. The number of nitrogens with two attached hydrogens (primary N) is 1. The Balaban J connectivity index is 1.50. The zero-order valence-electron chi connectivity index (χ0n) is 14.3. The number of hydrogen-bond acceptors (Lipinski definition) is 6. The Kier molecular flexibility index (Phi) is 4.16. The predicted molar refractivity (Wildman–Crippen MR) is 98.7 cm³/mol. The second kappa shape index (κ2) is 6.62. The van der Waals surface area contributed by atoms with Crippen LogP contribution in [0.1, 0.15) is 43.0 Å². The number of nitrogens with zero attached hydrogens (tertiary/aromatic N) is 3. The van der Waals surface area contributed by atoms with Crippen molar-refractivity contribution in [2.45, 2.75) is 31.7 Å². The van der Waals surface area contributed by atoms with Crippen LogP contribution in [-0.2, 0) is 0 Å². The molecule has 0 unspecified atom stereocenters. The quantitative estimate of drug-likeness (QED) is 0.538. The molecule has 0 aliphatic heterocycles. The first-order chi connectivity index (χ1) is 12.6. The summed E-state index contributed by atoms with van der Waals surface area (Å²) in [5.41, 5.74) is 8.67. The van der Waals surface area contributed by atoms with Crippen LogP contribution in [0, 0.1) is 5.82 Å². The average Bonchev–Trinajstić information content (AvgIpc) is 3.38. The van der Waals surface area contributed by atoms with Gasteiger partial charge in [0.25, 0.3) is 0 Å². The Labute approximate surface area is 150 Å². The molecule has 7 nitrogen and oxygen atoms in total. The molecule has 2 heterocycles. The molecule has 0 spiro atoms. The van der Waals surface area contributed by atoms with Gasteiger partial charge in [0.15, 0.2) is 17.5 Å². The highest BCUT2D eigenvalue weighted by Crippen LogP contribution is 2.40. The maximum atomic E-state index is 13.1. The van der Waals surface area contributed by atoms with E-state index in [1.165, 1.54) is 31.3 Å². The summed E-state index contributed by atoms with van der Waals surface area (Å²) in [7, 11) is 0. The van der Waals surface area contributed by atoms with Crippen LogP contribution in [0.4, 0.5) is 27.5 Å². The molecular weight excluding hydrogens is 333 g/mol. The summed E-state index contributed by atoms with van der Waals surface area (Å²) >= 11 is 0. The third-order valence-electron chi connectivity index (χ3n) is 4.47. The monoisotopic (exact) mass is 353 g/mol. The normalized spacial score (nSPS) is 14.8. The third-order valence-corrected chi connectivity index (χ3v) is 4.47. The number of aromatic nitrogens is 4. The second-order valence-electron chi connectivity index (χ2n) is 6.51. The van der Waals surface area contributed by atoms with Crippen LogP contribution in [0.2, 0.25) is 0 Å². The molecule has 1 fully saturated rings. The van der Waals surface area contributed by atoms with Crippen molar-refractivity contribution in [3.05, 3.63) is 53.7 Å². The fourth-order valence-electron chi connectivity index (χ4n) is 2.78. The van der Waals surface area contributed by atoms with E-state index in [-0.39, 0.29) is 11.9 Å². The lowest BCUT2D eigenvalue weighted by molar-refractivity contribution is 0.626. The molecule has 3 aromatic rings. The van der Waals surface area contributed by atoms with Crippen LogP contribution in [-0.4, -0.2) is 20.2 Å². The fraction of sp³-hybridized carbons (Fsp3) is 0.278. The maximum absolute atomic E-state index is 13.1. The van der Waals surface area contributed by atoms with E-state index in [0.29, 0.717) is 29.1 Å². The summed E-state index contributed by atoms with van der Waals surface area (Å²) in [5.74, 6) is 2.00. The van der Waals surface area contributed by atoms with Gasteiger partial charge in [-0.3, -0.25) is 5.10 Å². The van der Waals surface area contributed by atoms with E-state index in [0.717, 1.165) is 11.3 Å². The molecule has 8 heteroatoms. The molecule has 2 aromatic heterocycles. The number of anilines is 4. The topological polar surface area (TPSA) is 105 Å². The minimum Gasteiger partial charge on any atom is -0.393 e. The van der Waals surface area contributed by atoms with E-state index in [1.807, 2.05) is 13.0 Å². The first kappa shape index (κ1) is 16.3. The van der Waals surface area contributed by atoms with E-state index < -0.39 is 0 Å². The van der Waals surface area contributed by atoms with Gasteiger partial charge >= 0.3 is 0 Å². The first-order valence-corrected chi connectivity index (χ1v) is 8.55. The smallest absolute Gasteiger partial charge is 0.160 e. The molecule has 0 bridgehead atoms. The highest BCUT2D eigenvalue weighted by molar-refractivity contribution is 5.77. The molecule has 26 heavy (non-hydrogen) atoms. The van der Waals surface area contributed by atoms with Gasteiger partial charge in [-0.1, -0.05) is 12.1 Å². The van der Waals surface area contributed by atoms with Crippen molar-refractivity contribution < 1.29 is 4.39 Å². The van der Waals surface area contributed by atoms with Crippen LogP contribution in [0.3, 0.4) is 0 Å². The van der Waals surface area contributed by atoms with Gasteiger partial charge in [-0.25, -0.2) is 14.4 Å². The van der Waals surface area contributed by atoms with Crippen LogP contribution >= 0.6 is 0 Å². The largest absolute Gasteiger partial charge is 0.393 e. The van der Waals surface area contributed by atoms with Gasteiger partial charge in [-0.15, -0.1) is 0 Å². The molecule has 5 N–H and O–H groups in total. The number of benzene rings is 1. The van der Waals surface area contributed by atoms with E-state index in [4.69, 9.17) is 5.73 Å². The van der Waals surface area contributed by atoms with Gasteiger partial charge in [-0.2, -0.15) is 5.10 Å². The summed E-state index contributed by atoms with van der Waals surface area (Å²) in [6.07, 6.45) is 3.84. The number of aromatic amines is 1. The number of halogens is 1. The summed E-state index contributed by atoms with van der Waals surface area (Å²) < 4.78 is 13.1. The average molecular weight is 353 g/mol. The van der Waals surface area contributed by atoms with Gasteiger partial charge in [0.1, 0.15) is 17.8 Å². The molecule has 0 saturated heterocycles. The summed E-state index contributed by atoms with van der Waals surface area (Å²) in [6, 6.07) is 8.21. The molecule has 1 aliphatic carbocycles. The Morgan fingerprint density at radius 2 is 1.92 bits per heavy atom. The highest BCUT2D eigenvalue weighted by Gasteiger charge is 2.25. The van der Waals surface area contributed by atoms with Crippen LogP contribution in [0.5, 0.6) is 0 Å². The van der Waals surface area contributed by atoms with Crippen molar-refractivity contribution in [2.75, 3.05) is 16.4 Å². The minimum absolute atomic E-state index is 0.0903. The van der Waals surface area contributed by atoms with Crippen LogP contribution in [0.15, 0.2) is 36.7 Å². The standard InChI is InChI=1S/C18H20FN7/c1-10(11-4-6-13(19)7-5-11)23-17-16(20)18(22-9-21-17)24-15-8-14(25-26-15)12-2-3-12/h4-10,12H,2-3,20H2,1H3,(H3,21,22,23,24,25,26)/t10-/m0/s1. The van der Waals surface area contributed by atoms with Crippen LogP contribution < -0.4 is 16.4 Å². The number of nitrogens with one attached hydrogen (secondary N) is 3. The van der Waals surface area contributed by atoms with Crippen molar-refractivity contribution in [2.24, 2.45) is 0 Å². The lowest BCUT2D eigenvalue weighted by Crippen LogP contribution is -2.11. The molecular formula is C18H20FN7. The molecule has 1 aliphatic rings. The predicted octanol–water partition coefficient (Wildman–Crippen LogP) is 3.72. The van der Waals surface area contributed by atoms with Gasteiger partial charge in [-0.05, 0) is 37.5 Å². The lowest BCUT2D eigenvalue weighted by atomic mass is 10.1. The maximum Gasteiger partial charge on any atom is 0.160 e. The molecule has 134 valence electrons. The van der Waals surface area contributed by atoms with Crippen molar-refractivity contribution in [3.8, 4) is 0 Å². The van der Waals surface area contributed by atoms with E-state index >= 15 is 0 Å². The zero-order chi connectivity index (χ0) is 18.1. The molecule has 1 atom stereocenters. The lowest BCUT2D eigenvalue weighted by Gasteiger charge is -2.17. The van der Waals surface area contributed by atoms with E-state index in [1.54, 1.807) is 12.1 Å². The fourth-order valence-corrected chi connectivity index (χ4v) is 2.78. The van der Waals surface area contributed by atoms with Gasteiger partial charge in [0, 0.05) is 17.7 Å². The second-order valence-corrected chi connectivity index (χ2v) is 6.51. The molecule has 4 rings (SSSR count). The number of H-pyrrole nitrogens is 1. The zero-order valence-corrected chi connectivity index (χ0v) is 14.3. The minimum atomic E-state index is -0.265. The molecule has 1 saturated carbocycles. The van der Waals surface area contributed by atoms with Crippen molar-refractivity contribution in [1.29, 1.82) is 0 Å². The Morgan fingerprint density at radius 1 is 1.19 bits per heavy atom. The molecule has 1 aromatic carbocycles.